The lowest BCUT2D eigenvalue weighted by atomic mass is 10.0. The summed E-state index contributed by atoms with van der Waals surface area (Å²) in [5, 5.41) is 13.9. The molecule has 4 aromatic rings. The number of esters is 1. The van der Waals surface area contributed by atoms with Crippen LogP contribution in [0.3, 0.4) is 0 Å². The van der Waals surface area contributed by atoms with Gasteiger partial charge in [0, 0.05) is 5.69 Å². The van der Waals surface area contributed by atoms with Crippen LogP contribution in [0.5, 0.6) is 17.2 Å². The van der Waals surface area contributed by atoms with Crippen molar-refractivity contribution in [3.63, 3.8) is 0 Å². The summed E-state index contributed by atoms with van der Waals surface area (Å²) in [5.41, 5.74) is 1.29. The van der Waals surface area contributed by atoms with Crippen molar-refractivity contribution in [2.45, 2.75) is 0 Å². The third kappa shape index (κ3) is 5.34. The number of nitriles is 1. The summed E-state index contributed by atoms with van der Waals surface area (Å²) in [6, 6.07) is 26.4. The fourth-order valence-electron chi connectivity index (χ4n) is 3.61. The van der Waals surface area contributed by atoms with Crippen LogP contribution < -0.4 is 19.5 Å². The van der Waals surface area contributed by atoms with Crippen LogP contribution >= 0.6 is 0 Å². The fourth-order valence-corrected chi connectivity index (χ4v) is 3.61. The number of methoxy groups -OCH3 is 2. The van der Waals surface area contributed by atoms with E-state index in [1.54, 1.807) is 61.7 Å². The molecule has 0 saturated carbocycles. The molecule has 0 spiro atoms. The first kappa shape index (κ1) is 24.0. The van der Waals surface area contributed by atoms with Gasteiger partial charge in [0.1, 0.15) is 17.4 Å². The van der Waals surface area contributed by atoms with Crippen LogP contribution in [0.1, 0.15) is 15.9 Å². The summed E-state index contributed by atoms with van der Waals surface area (Å²) in [7, 11) is 3.01. The van der Waals surface area contributed by atoms with Crippen LogP contribution in [0, 0.1) is 11.3 Å². The molecule has 0 radical (unpaired) electrons. The Balaban J connectivity index is 1.59. The van der Waals surface area contributed by atoms with Gasteiger partial charge < -0.3 is 19.5 Å². The largest absolute Gasteiger partial charge is 0.497 e. The van der Waals surface area contributed by atoms with E-state index in [1.807, 2.05) is 36.4 Å². The van der Waals surface area contributed by atoms with Gasteiger partial charge in [0.2, 0.25) is 0 Å². The van der Waals surface area contributed by atoms with E-state index in [1.165, 1.54) is 13.2 Å². The number of fused-ring (bicyclic) bond motifs is 1. The predicted octanol–water partition coefficient (Wildman–Crippen LogP) is 5.62. The molecule has 1 N–H and O–H groups in total. The van der Waals surface area contributed by atoms with Crippen LogP contribution in [0.15, 0.2) is 90.5 Å². The van der Waals surface area contributed by atoms with Crippen molar-refractivity contribution in [3.05, 3.63) is 102 Å². The molecule has 0 aliphatic carbocycles. The lowest BCUT2D eigenvalue weighted by Crippen LogP contribution is -2.13. The van der Waals surface area contributed by atoms with Crippen molar-refractivity contribution >= 4 is 34.4 Å². The molecule has 4 rings (SSSR count). The van der Waals surface area contributed by atoms with Gasteiger partial charge >= 0.3 is 5.97 Å². The minimum Gasteiger partial charge on any atom is -0.497 e. The fraction of sp³-hybridized carbons (Fsp3) is 0.0690. The number of rotatable bonds is 7. The Labute approximate surface area is 208 Å². The molecule has 0 heterocycles. The summed E-state index contributed by atoms with van der Waals surface area (Å²) in [4.78, 5) is 25.7. The van der Waals surface area contributed by atoms with Gasteiger partial charge in [-0.05, 0) is 64.9 Å². The standard InChI is InChI=1S/C29H22N2O5/c1-34-23-13-11-22(12-14-23)31-28(32)21(18-30)16-19-10-15-26(35-2)27(17-19)36-29(33)25-9-5-7-20-6-3-4-8-24(20)25/h3-17H,1-2H3,(H,31,32)/b21-16+. The lowest BCUT2D eigenvalue weighted by molar-refractivity contribution is -0.112. The second kappa shape index (κ2) is 10.9. The molecular formula is C29H22N2O5. The second-order valence-corrected chi connectivity index (χ2v) is 7.68. The highest BCUT2D eigenvalue weighted by Gasteiger charge is 2.16. The zero-order valence-corrected chi connectivity index (χ0v) is 19.6. The molecule has 0 unspecified atom stereocenters. The van der Waals surface area contributed by atoms with E-state index >= 15 is 0 Å². The minimum absolute atomic E-state index is 0.123. The van der Waals surface area contributed by atoms with Gasteiger partial charge in [0.25, 0.3) is 5.91 Å². The highest BCUT2D eigenvalue weighted by Crippen LogP contribution is 2.31. The van der Waals surface area contributed by atoms with Crippen molar-refractivity contribution in [3.8, 4) is 23.3 Å². The number of nitrogens with zero attached hydrogens (tertiary/aromatic N) is 1. The van der Waals surface area contributed by atoms with E-state index in [9.17, 15) is 14.9 Å². The molecule has 0 aromatic heterocycles. The van der Waals surface area contributed by atoms with Gasteiger partial charge in [-0.2, -0.15) is 5.26 Å². The Morgan fingerprint density at radius 3 is 2.33 bits per heavy atom. The molecule has 4 aromatic carbocycles. The molecule has 0 aliphatic heterocycles. The SMILES string of the molecule is COc1ccc(NC(=O)/C(C#N)=C/c2ccc(OC)c(OC(=O)c3cccc4ccccc34)c2)cc1. The van der Waals surface area contributed by atoms with Gasteiger partial charge in [-0.3, -0.25) is 4.79 Å². The van der Waals surface area contributed by atoms with Crippen molar-refractivity contribution in [2.75, 3.05) is 19.5 Å². The number of anilines is 1. The normalized spacial score (nSPS) is 10.9. The molecule has 7 nitrogen and oxygen atoms in total. The third-order valence-electron chi connectivity index (χ3n) is 5.42. The Kier molecular flexibility index (Phi) is 7.28. The zero-order chi connectivity index (χ0) is 25.5. The molecule has 0 atom stereocenters. The van der Waals surface area contributed by atoms with E-state index in [-0.39, 0.29) is 11.3 Å². The number of ether oxygens (including phenoxy) is 3. The molecular weight excluding hydrogens is 456 g/mol. The number of benzene rings is 4. The van der Waals surface area contributed by atoms with Gasteiger partial charge in [-0.25, -0.2) is 4.79 Å². The van der Waals surface area contributed by atoms with Crippen molar-refractivity contribution < 1.29 is 23.8 Å². The number of carbonyl (C=O) groups is 2. The van der Waals surface area contributed by atoms with Crippen molar-refractivity contribution in [1.82, 2.24) is 0 Å². The molecule has 7 heteroatoms. The Morgan fingerprint density at radius 2 is 1.61 bits per heavy atom. The topological polar surface area (TPSA) is 97.7 Å². The van der Waals surface area contributed by atoms with Gasteiger partial charge in [-0.1, -0.05) is 42.5 Å². The molecule has 0 bridgehead atoms. The molecule has 1 amide bonds. The average molecular weight is 479 g/mol. The Bertz CT molecular complexity index is 1500. The summed E-state index contributed by atoms with van der Waals surface area (Å²) >= 11 is 0. The number of amides is 1. The summed E-state index contributed by atoms with van der Waals surface area (Å²) in [6.07, 6.45) is 1.41. The van der Waals surface area contributed by atoms with Crippen LogP contribution in [-0.2, 0) is 4.79 Å². The van der Waals surface area contributed by atoms with E-state index < -0.39 is 11.9 Å². The first-order valence-corrected chi connectivity index (χ1v) is 11.0. The maximum atomic E-state index is 13.0. The van der Waals surface area contributed by atoms with Crippen molar-refractivity contribution in [1.29, 1.82) is 5.26 Å². The number of hydrogen-bond donors (Lipinski definition) is 1. The Hall–Kier alpha value is -5.09. The maximum Gasteiger partial charge on any atom is 0.344 e. The summed E-state index contributed by atoms with van der Waals surface area (Å²) in [5.74, 6) is 0.0172. The van der Waals surface area contributed by atoms with Crippen LogP contribution in [-0.4, -0.2) is 26.1 Å². The summed E-state index contributed by atoms with van der Waals surface area (Å²) in [6.45, 7) is 0. The van der Waals surface area contributed by atoms with E-state index in [4.69, 9.17) is 14.2 Å². The van der Waals surface area contributed by atoms with E-state index in [0.29, 0.717) is 28.3 Å². The number of nitrogens with one attached hydrogen (secondary N) is 1. The Morgan fingerprint density at radius 1 is 0.861 bits per heavy atom. The highest BCUT2D eigenvalue weighted by atomic mass is 16.6. The van der Waals surface area contributed by atoms with Crippen molar-refractivity contribution in [2.24, 2.45) is 0 Å². The highest BCUT2D eigenvalue weighted by molar-refractivity contribution is 6.10. The minimum atomic E-state index is -0.576. The first-order valence-electron chi connectivity index (χ1n) is 11.0. The third-order valence-corrected chi connectivity index (χ3v) is 5.42. The average Bonchev–Trinajstić information content (AvgIpc) is 2.91. The molecule has 178 valence electrons. The van der Waals surface area contributed by atoms with Gasteiger partial charge in [0.15, 0.2) is 11.5 Å². The van der Waals surface area contributed by atoms with Crippen LogP contribution in [0.25, 0.3) is 16.8 Å². The lowest BCUT2D eigenvalue weighted by Gasteiger charge is -2.11. The van der Waals surface area contributed by atoms with E-state index in [0.717, 1.165) is 10.8 Å². The maximum absolute atomic E-state index is 13.0. The first-order chi connectivity index (χ1) is 17.5. The van der Waals surface area contributed by atoms with Crippen LogP contribution in [0.4, 0.5) is 5.69 Å². The summed E-state index contributed by atoms with van der Waals surface area (Å²) < 4.78 is 16.1. The van der Waals surface area contributed by atoms with Crippen LogP contribution in [0.2, 0.25) is 0 Å². The number of hydrogen-bond acceptors (Lipinski definition) is 6. The number of carbonyl (C=O) groups excluding carboxylic acids is 2. The molecule has 0 fully saturated rings. The van der Waals surface area contributed by atoms with Gasteiger partial charge in [0.05, 0.1) is 19.8 Å². The molecule has 36 heavy (non-hydrogen) atoms. The monoisotopic (exact) mass is 478 g/mol. The molecule has 0 saturated heterocycles. The van der Waals surface area contributed by atoms with Gasteiger partial charge in [-0.15, -0.1) is 0 Å². The van der Waals surface area contributed by atoms with E-state index in [2.05, 4.69) is 5.32 Å². The quantitative estimate of drug-likeness (QED) is 0.160. The second-order valence-electron chi connectivity index (χ2n) is 7.68. The molecule has 0 aliphatic rings. The zero-order valence-electron chi connectivity index (χ0n) is 19.6. The smallest absolute Gasteiger partial charge is 0.344 e. The predicted molar refractivity (Wildman–Crippen MR) is 137 cm³/mol.